The number of anilines is 6. The zero-order valence-electron chi connectivity index (χ0n) is 124. The number of piperidine rings is 6. The quantitative estimate of drug-likeness (QED) is 0.0435. The van der Waals surface area contributed by atoms with E-state index in [0.29, 0.717) is 74.7 Å². The topological polar surface area (TPSA) is 417 Å². The fraction of sp³-hybridized carbons (Fsp3) is 0.500. The predicted octanol–water partition coefficient (Wildman–Crippen LogP) is 9.30. The zero-order valence-corrected chi connectivity index (χ0v) is 74.1. The molecule has 6 fully saturated rings. The van der Waals surface area contributed by atoms with E-state index < -0.39 is 277 Å². The minimum absolute atomic E-state index is 0.0133. The number of carbonyl (C=O) groups is 6. The van der Waals surface area contributed by atoms with Gasteiger partial charge in [0, 0.05) is 185 Å². The van der Waals surface area contributed by atoms with Crippen molar-refractivity contribution in [3.05, 3.63) is 180 Å². The van der Waals surface area contributed by atoms with Crippen LogP contribution in [0.4, 0.5) is 34.9 Å². The SMILES string of the molecule is [2H]c1nc(N(C([2H])([2H])[2H])[C@@]2([2H])C([2H])([2H])N(C(=O)C[N+]#[C-])CC[C@@]2([2H])C([2H])([2H])[2H])c2cc[nH]c2n1.[2H]c1nc(N(C)[C@@H]2[C@H](C([2H])([2H])[2H])CCN(C(=O)C([2H])([2H])[N+]#[C-])C2([2H])[2H])c2cc[nH]c2n1.[2H]c1nc(N(C)[C@@H]2[C@H](C)CCN(C(=O)C([2H])([2H])[N+]#[C-])C2([2H])[2H])c2cc[nH]c2n1.[2H]c1nc(N(C)[C@@]2([2H])C([2H])([2H])N(C(=O)C([2H])([2H])[N+]#[C-])CC[C@@]2([2H])C)c2cc[nH]c2n1.[2H]c1nc(N([C@@H]2[C@H](C([2H])([2H])[2H])CCN(C(=O)C([2H])([2H])[N+]#[C-])C2([2H])[2H])C([2H])([2H])[2H])c2cc[nH]c2n1.[2H]c1nc(N([C@@H]2[C@H](C)CCN(C(=O)C([2H])([2H])[N+]#[C-])C2([2H])[2H])C([2H])([2H])[2H])c2cc[nH]c2n1. The highest BCUT2D eigenvalue weighted by Crippen LogP contribution is 2.37. The third-order valence-corrected chi connectivity index (χ3v) is 22.2. The lowest BCUT2D eigenvalue weighted by molar-refractivity contribution is -0.131. The number of likely N-dealkylation sites (N-methyl/N-ethyl adjacent to an activating group) is 6. The first kappa shape index (κ1) is 53.0. The normalized spacial score (nSPS) is 31.9. The minimum atomic E-state index is -3.50. The van der Waals surface area contributed by atoms with Crippen LogP contribution < -0.4 is 29.4 Å². The number of likely N-dealkylation sites (tertiary alicyclic amines) is 6. The number of aromatic amines is 6. The maximum absolute atomic E-state index is 12.7. The van der Waals surface area contributed by atoms with Crippen LogP contribution in [-0.2, 0) is 28.8 Å². The second kappa shape index (κ2) is 46.5. The number of carbonyl (C=O) groups excluding carboxylic acids is 6. The first-order valence-corrected chi connectivity index (χ1v) is 41.7. The Morgan fingerprint density at radius 2 is 0.587 bits per heavy atom. The maximum atomic E-state index is 12.7. The van der Waals surface area contributed by atoms with Gasteiger partial charge in [0.2, 0.25) is 0 Å². The lowest BCUT2D eigenvalue weighted by atomic mass is 9.92. The highest BCUT2D eigenvalue weighted by molar-refractivity contribution is 5.93. The van der Waals surface area contributed by atoms with Crippen molar-refractivity contribution in [2.75, 3.05) is 189 Å². The number of aromatic nitrogens is 18. The van der Waals surface area contributed by atoms with Gasteiger partial charge in [-0.25, -0.2) is 99.2 Å². The van der Waals surface area contributed by atoms with Gasteiger partial charge >= 0.3 is 35.4 Å². The summed E-state index contributed by atoms with van der Waals surface area (Å²) in [4.78, 5) is 164. The second-order valence-corrected chi connectivity index (χ2v) is 30.7. The lowest BCUT2D eigenvalue weighted by Gasteiger charge is -2.41. The zero-order chi connectivity index (χ0) is 142. The monoisotopic (exact) mass is 1920 g/mol. The van der Waals surface area contributed by atoms with Crippen molar-refractivity contribution in [3.63, 3.8) is 0 Å². The highest BCUT2D eigenvalue weighted by atomic mass is 16.2. The fourth-order valence-electron chi connectivity index (χ4n) is 15.0. The van der Waals surface area contributed by atoms with Crippen molar-refractivity contribution in [1.29, 1.82) is 0 Å². The van der Waals surface area contributed by atoms with E-state index >= 15 is 0 Å². The molecule has 12 aromatic rings. The van der Waals surface area contributed by atoms with Gasteiger partial charge in [0.05, 0.1) is 87.7 Å². The minimum Gasteiger partial charge on any atom is -0.354 e. The molecule has 0 radical (unpaired) electrons. The number of hydrogen-bond acceptors (Lipinski definition) is 24. The lowest BCUT2D eigenvalue weighted by Crippen LogP contribution is -2.53. The molecule has 12 atom stereocenters. The summed E-state index contributed by atoms with van der Waals surface area (Å²) >= 11 is 0. The third kappa shape index (κ3) is 23.1. The molecule has 6 N–H and O–H groups in total. The van der Waals surface area contributed by atoms with Crippen LogP contribution in [0.25, 0.3) is 95.3 Å². The molecular formula is C96H120N36O6. The van der Waals surface area contributed by atoms with Crippen LogP contribution in [0.15, 0.2) is 111 Å². The van der Waals surface area contributed by atoms with Crippen LogP contribution in [-0.4, -0.2) is 350 Å². The van der Waals surface area contributed by atoms with Crippen molar-refractivity contribution in [2.24, 2.45) is 35.5 Å². The van der Waals surface area contributed by atoms with E-state index in [1.54, 1.807) is 55.7 Å². The van der Waals surface area contributed by atoms with Crippen molar-refractivity contribution in [2.45, 2.75) is 116 Å². The molecule has 18 rings (SSSR count). The summed E-state index contributed by atoms with van der Waals surface area (Å²) < 4.78 is 407. The summed E-state index contributed by atoms with van der Waals surface area (Å²) in [7, 11) is 4.38. The molecule has 0 saturated carbocycles. The number of amides is 6. The summed E-state index contributed by atoms with van der Waals surface area (Å²) in [5.74, 6) is -17.3. The molecule has 0 bridgehead atoms. The molecule has 12 aromatic heterocycles. The average molecular weight is 1920 g/mol. The molecule has 0 unspecified atom stereocenters. The van der Waals surface area contributed by atoms with Crippen LogP contribution in [0.2, 0.25) is 0 Å². The Balaban J connectivity index is 0.000000183. The number of H-pyrrole nitrogens is 6. The van der Waals surface area contributed by atoms with E-state index in [1.807, 2.05) is 6.92 Å². The Morgan fingerprint density at radius 3 is 0.884 bits per heavy atom. The van der Waals surface area contributed by atoms with Crippen molar-refractivity contribution in [1.82, 2.24) is 119 Å². The van der Waals surface area contributed by atoms with E-state index in [1.165, 1.54) is 62.7 Å². The van der Waals surface area contributed by atoms with Crippen molar-refractivity contribution >= 4 is 137 Å². The Labute approximate surface area is 872 Å². The second-order valence-electron chi connectivity index (χ2n) is 30.7. The summed E-state index contributed by atoms with van der Waals surface area (Å²) in [6.07, 6.45) is 5.31. The number of fused-ring (bicyclic) bond motifs is 6. The van der Waals surface area contributed by atoms with Crippen LogP contribution in [0.3, 0.4) is 0 Å². The van der Waals surface area contributed by atoms with E-state index in [0.717, 1.165) is 14.7 Å². The maximum Gasteiger partial charge on any atom is 0.302 e. The largest absolute Gasteiger partial charge is 0.354 e. The predicted molar refractivity (Wildman–Crippen MR) is 527 cm³/mol. The van der Waals surface area contributed by atoms with Crippen LogP contribution in [0.5, 0.6) is 0 Å². The Kier molecular flexibility index (Phi) is 17.8. The van der Waals surface area contributed by atoms with Gasteiger partial charge in [0.15, 0.2) is 0 Å². The molecule has 6 saturated heterocycles. The van der Waals surface area contributed by atoms with Gasteiger partial charge in [-0.05, 0) is 110 Å². The number of rotatable bonds is 18. The van der Waals surface area contributed by atoms with Gasteiger partial charge < -0.3 is 118 Å². The summed E-state index contributed by atoms with van der Waals surface area (Å²) in [5, 5.41) is 1.71. The van der Waals surface area contributed by atoms with Crippen LogP contribution >= 0.6 is 0 Å². The van der Waals surface area contributed by atoms with Crippen LogP contribution in [0, 0.1) is 74.9 Å². The summed E-state index contributed by atoms with van der Waals surface area (Å²) in [5.41, 5.74) is 1.27. The first-order chi connectivity index (χ1) is 86.0. The Morgan fingerprint density at radius 1 is 0.341 bits per heavy atom. The van der Waals surface area contributed by atoms with Gasteiger partial charge in [-0.15, -0.1) is 0 Å². The Hall–Kier alpha value is -15.7. The van der Waals surface area contributed by atoms with Gasteiger partial charge in [-0.2, -0.15) is 0 Å². The van der Waals surface area contributed by atoms with Gasteiger partial charge in [-0.3, -0.25) is 28.8 Å². The van der Waals surface area contributed by atoms with E-state index in [-0.39, 0.29) is 126 Å². The third-order valence-electron chi connectivity index (χ3n) is 22.2. The Bertz CT molecular complexity index is 8940. The summed E-state index contributed by atoms with van der Waals surface area (Å²) in [6, 6.07) is -2.73. The van der Waals surface area contributed by atoms with Gasteiger partial charge in [0.25, 0.3) is 39.0 Å². The summed E-state index contributed by atoms with van der Waals surface area (Å²) in [6.45, 7) is -6.74. The van der Waals surface area contributed by atoms with Crippen molar-refractivity contribution < 1.29 is 97.3 Å². The molecular weight excluding hydrogens is 1750 g/mol. The molecule has 0 aliphatic carbocycles. The van der Waals surface area contributed by atoms with E-state index in [2.05, 4.69) is 119 Å². The highest BCUT2D eigenvalue weighted by Gasteiger charge is 2.41. The molecule has 0 spiro atoms. The molecule has 6 amide bonds. The number of nitrogens with zero attached hydrogens (tertiary/aromatic N) is 30. The molecule has 18 heterocycles. The molecule has 42 nitrogen and oxygen atoms in total. The smallest absolute Gasteiger partial charge is 0.302 e. The molecule has 42 heteroatoms. The van der Waals surface area contributed by atoms with E-state index in [4.69, 9.17) is 107 Å². The van der Waals surface area contributed by atoms with Gasteiger partial charge in [-0.1, -0.05) is 41.3 Å². The first-order valence-electron chi connectivity index (χ1n) is 66.7. The number of nitrogens with one attached hydrogen (secondary N) is 6. The molecule has 6 aliphatic rings. The molecule has 720 valence electrons. The molecule has 0 aromatic carbocycles. The molecule has 138 heavy (non-hydrogen) atoms. The van der Waals surface area contributed by atoms with Crippen molar-refractivity contribution in [3.8, 4) is 0 Å². The van der Waals surface area contributed by atoms with E-state index in [9.17, 15) is 30.1 Å². The van der Waals surface area contributed by atoms with Gasteiger partial charge in [0.1, 0.15) is 129 Å². The molecule has 6 aliphatic heterocycles. The standard InChI is InChI=1S/6C16H20N6O/c6*1-11-5-7-22(14(23)8-17-2)9-13(11)21(3)16-12-4-6-18-15(12)19-10-20-16/h6*4,6,10-11,13H,5,7-9H2,1,3H3,(H,18,19,20)/t6*11-,13+/m111111/s1/i1D3,3D3,9D2,10D,11D,13D;8D2,9D2,10D,11D,13D;1D3,3D3,8D2,9D2,10D;3D3,8D2,9D2,10D;1D3,8D2,9D2,10D;8D2,9D2,10D. The average Bonchev–Trinajstić information content (AvgIpc) is 0.809. The number of hydrogen-bond donors (Lipinski definition) is 6. The van der Waals surface area contributed by atoms with Crippen LogP contribution in [0.1, 0.15) is 148 Å². The fourth-order valence-corrected chi connectivity index (χ4v) is 15.0.